The van der Waals surface area contributed by atoms with Gasteiger partial charge in [0.05, 0.1) is 6.10 Å². The molecule has 3 heteroatoms. The van der Waals surface area contributed by atoms with Crippen molar-refractivity contribution < 1.29 is 4.74 Å². The first-order chi connectivity index (χ1) is 7.13. The van der Waals surface area contributed by atoms with Gasteiger partial charge in [-0.3, -0.25) is 0 Å². The summed E-state index contributed by atoms with van der Waals surface area (Å²) in [5.74, 6) is 0. The van der Waals surface area contributed by atoms with E-state index in [4.69, 9.17) is 4.74 Å². The van der Waals surface area contributed by atoms with Gasteiger partial charge in [0.1, 0.15) is 0 Å². The summed E-state index contributed by atoms with van der Waals surface area (Å²) in [5, 5.41) is 3.43. The van der Waals surface area contributed by atoms with Crippen molar-refractivity contribution in [2.75, 3.05) is 13.7 Å². The van der Waals surface area contributed by atoms with Crippen LogP contribution in [-0.4, -0.2) is 19.8 Å². The van der Waals surface area contributed by atoms with E-state index in [0.717, 1.165) is 11.0 Å². The summed E-state index contributed by atoms with van der Waals surface area (Å²) in [6, 6.07) is 8.69. The second kappa shape index (κ2) is 6.26. The number of hydrogen-bond acceptors (Lipinski definition) is 2. The zero-order valence-corrected chi connectivity index (χ0v) is 11.0. The fourth-order valence-electron chi connectivity index (χ4n) is 1.32. The first kappa shape index (κ1) is 12.7. The van der Waals surface area contributed by atoms with Crippen LogP contribution in [0, 0.1) is 0 Å². The lowest BCUT2D eigenvalue weighted by Gasteiger charge is -2.17. The Bertz CT molecular complexity index is 303. The average molecular weight is 272 g/mol. The summed E-state index contributed by atoms with van der Waals surface area (Å²) in [7, 11) is 1.73. The van der Waals surface area contributed by atoms with Crippen molar-refractivity contribution in [3.05, 3.63) is 34.3 Å². The van der Waals surface area contributed by atoms with Crippen molar-refractivity contribution in [2.45, 2.75) is 26.0 Å². The molecule has 0 aromatic heterocycles. The van der Waals surface area contributed by atoms with E-state index in [-0.39, 0.29) is 6.10 Å². The zero-order valence-electron chi connectivity index (χ0n) is 9.46. The molecule has 0 heterocycles. The summed E-state index contributed by atoms with van der Waals surface area (Å²) >= 11 is 3.47. The Morgan fingerprint density at radius 2 is 2.13 bits per heavy atom. The van der Waals surface area contributed by atoms with Crippen LogP contribution in [0.25, 0.3) is 0 Å². The Hall–Kier alpha value is -0.380. The maximum Gasteiger partial charge on any atom is 0.0667 e. The minimum Gasteiger partial charge on any atom is -0.380 e. The van der Waals surface area contributed by atoms with Crippen molar-refractivity contribution in [2.24, 2.45) is 0 Å². The molecule has 0 aliphatic carbocycles. The summed E-state index contributed by atoms with van der Waals surface area (Å²) in [4.78, 5) is 0. The van der Waals surface area contributed by atoms with Gasteiger partial charge in [0, 0.05) is 24.2 Å². The van der Waals surface area contributed by atoms with E-state index < -0.39 is 0 Å². The lowest BCUT2D eigenvalue weighted by Crippen LogP contribution is -2.28. The third-order valence-corrected chi connectivity index (χ3v) is 2.96. The number of ether oxygens (including phenoxy) is 1. The zero-order chi connectivity index (χ0) is 11.3. The molecule has 0 aliphatic rings. The van der Waals surface area contributed by atoms with Gasteiger partial charge in [-0.15, -0.1) is 0 Å². The Kier molecular flexibility index (Phi) is 5.29. The number of methoxy groups -OCH3 is 1. The Labute approximate surface area is 100 Å². The highest BCUT2D eigenvalue weighted by molar-refractivity contribution is 9.10. The number of benzene rings is 1. The van der Waals surface area contributed by atoms with Gasteiger partial charge in [0.2, 0.25) is 0 Å². The molecule has 15 heavy (non-hydrogen) atoms. The van der Waals surface area contributed by atoms with Crippen LogP contribution in [0.2, 0.25) is 0 Å². The van der Waals surface area contributed by atoms with Crippen LogP contribution in [-0.2, 0) is 4.74 Å². The smallest absolute Gasteiger partial charge is 0.0667 e. The van der Waals surface area contributed by atoms with Crippen molar-refractivity contribution in [1.29, 1.82) is 0 Å². The van der Waals surface area contributed by atoms with Crippen LogP contribution >= 0.6 is 15.9 Å². The van der Waals surface area contributed by atoms with Gasteiger partial charge in [0.25, 0.3) is 0 Å². The molecule has 2 atom stereocenters. The molecule has 1 aromatic rings. The van der Waals surface area contributed by atoms with Gasteiger partial charge in [-0.2, -0.15) is 0 Å². The molecular weight excluding hydrogens is 254 g/mol. The van der Waals surface area contributed by atoms with Gasteiger partial charge in [0.15, 0.2) is 0 Å². The monoisotopic (exact) mass is 271 g/mol. The highest BCUT2D eigenvalue weighted by Crippen LogP contribution is 2.17. The molecular formula is C12H18BrNO. The molecule has 1 unspecified atom stereocenters. The first-order valence-corrected chi connectivity index (χ1v) is 5.94. The van der Waals surface area contributed by atoms with E-state index in [2.05, 4.69) is 53.3 Å². The third kappa shape index (κ3) is 4.33. The molecule has 0 bridgehead atoms. The number of rotatable bonds is 5. The minimum absolute atomic E-state index is 0.250. The quantitative estimate of drug-likeness (QED) is 0.889. The number of hydrogen-bond donors (Lipinski definition) is 1. The Balaban J connectivity index is 2.50. The van der Waals surface area contributed by atoms with Gasteiger partial charge in [-0.05, 0) is 31.5 Å². The molecule has 1 aromatic carbocycles. The van der Waals surface area contributed by atoms with Crippen LogP contribution in [0.3, 0.4) is 0 Å². The van der Waals surface area contributed by atoms with Crippen molar-refractivity contribution >= 4 is 15.9 Å². The van der Waals surface area contributed by atoms with Crippen LogP contribution in [0.1, 0.15) is 25.5 Å². The van der Waals surface area contributed by atoms with Crippen LogP contribution in [0.15, 0.2) is 28.7 Å². The van der Waals surface area contributed by atoms with Crippen LogP contribution < -0.4 is 5.32 Å². The lowest BCUT2D eigenvalue weighted by atomic mass is 10.1. The summed E-state index contributed by atoms with van der Waals surface area (Å²) in [6.45, 7) is 5.08. The molecule has 2 nitrogen and oxygen atoms in total. The number of nitrogens with one attached hydrogen (secondary N) is 1. The normalized spacial score (nSPS) is 14.9. The highest BCUT2D eigenvalue weighted by atomic mass is 79.9. The summed E-state index contributed by atoms with van der Waals surface area (Å²) < 4.78 is 6.31. The second-order valence-corrected chi connectivity index (χ2v) is 4.65. The standard InChI is InChI=1S/C12H18BrNO/c1-9(15-3)8-14-10(2)11-5-4-6-12(13)7-11/h4-7,9-10,14H,8H2,1-3H3/t9?,10-/m0/s1. The molecule has 1 N–H and O–H groups in total. The van der Waals surface area contributed by atoms with Crippen molar-refractivity contribution in [3.8, 4) is 0 Å². The van der Waals surface area contributed by atoms with Gasteiger partial charge >= 0.3 is 0 Å². The first-order valence-electron chi connectivity index (χ1n) is 5.15. The molecule has 0 aliphatic heterocycles. The summed E-state index contributed by atoms with van der Waals surface area (Å²) in [5.41, 5.74) is 1.28. The third-order valence-electron chi connectivity index (χ3n) is 2.46. The molecule has 1 rings (SSSR count). The molecule has 0 fully saturated rings. The predicted molar refractivity (Wildman–Crippen MR) is 67.0 cm³/mol. The van der Waals surface area contributed by atoms with E-state index in [1.807, 2.05) is 6.07 Å². The fraction of sp³-hybridized carbons (Fsp3) is 0.500. The SMILES string of the molecule is COC(C)CN[C@@H](C)c1cccc(Br)c1. The molecule has 0 saturated carbocycles. The van der Waals surface area contributed by atoms with E-state index in [9.17, 15) is 0 Å². The topological polar surface area (TPSA) is 21.3 Å². The average Bonchev–Trinajstić information content (AvgIpc) is 2.25. The molecule has 0 radical (unpaired) electrons. The second-order valence-electron chi connectivity index (χ2n) is 3.73. The maximum absolute atomic E-state index is 5.19. The Morgan fingerprint density at radius 3 is 2.73 bits per heavy atom. The largest absolute Gasteiger partial charge is 0.380 e. The molecule has 0 spiro atoms. The minimum atomic E-state index is 0.250. The van der Waals surface area contributed by atoms with Gasteiger partial charge < -0.3 is 10.1 Å². The predicted octanol–water partition coefficient (Wildman–Crippen LogP) is 3.13. The van der Waals surface area contributed by atoms with Crippen molar-refractivity contribution in [1.82, 2.24) is 5.32 Å². The van der Waals surface area contributed by atoms with Gasteiger partial charge in [-0.1, -0.05) is 28.1 Å². The molecule has 0 amide bonds. The number of halogens is 1. The lowest BCUT2D eigenvalue weighted by molar-refractivity contribution is 0.115. The fourth-order valence-corrected chi connectivity index (χ4v) is 1.74. The van der Waals surface area contributed by atoms with Crippen LogP contribution in [0.4, 0.5) is 0 Å². The van der Waals surface area contributed by atoms with Gasteiger partial charge in [-0.25, -0.2) is 0 Å². The van der Waals surface area contributed by atoms with E-state index in [1.165, 1.54) is 5.56 Å². The van der Waals surface area contributed by atoms with E-state index in [1.54, 1.807) is 7.11 Å². The Morgan fingerprint density at radius 1 is 1.40 bits per heavy atom. The summed E-state index contributed by atoms with van der Waals surface area (Å²) in [6.07, 6.45) is 0.250. The maximum atomic E-state index is 5.19. The van der Waals surface area contributed by atoms with E-state index >= 15 is 0 Å². The molecule has 84 valence electrons. The molecule has 0 saturated heterocycles. The van der Waals surface area contributed by atoms with Crippen LogP contribution in [0.5, 0.6) is 0 Å². The van der Waals surface area contributed by atoms with Crippen molar-refractivity contribution in [3.63, 3.8) is 0 Å². The highest BCUT2D eigenvalue weighted by Gasteiger charge is 2.06. The van der Waals surface area contributed by atoms with E-state index in [0.29, 0.717) is 6.04 Å².